The van der Waals surface area contributed by atoms with Crippen molar-refractivity contribution in [1.82, 2.24) is 10.3 Å². The Balaban J connectivity index is 1.51. The minimum Gasteiger partial charge on any atom is -0.492 e. The summed E-state index contributed by atoms with van der Waals surface area (Å²) < 4.78 is 11.9. The third kappa shape index (κ3) is 6.21. The molecule has 5 nitrogen and oxygen atoms in total. The Morgan fingerprint density at radius 2 is 1.83 bits per heavy atom. The van der Waals surface area contributed by atoms with Gasteiger partial charge in [-0.15, -0.1) is 0 Å². The topological polar surface area (TPSA) is 60.5 Å². The van der Waals surface area contributed by atoms with Crippen molar-refractivity contribution < 1.29 is 14.3 Å². The average Bonchev–Trinajstić information content (AvgIpc) is 3.15. The van der Waals surface area contributed by atoms with E-state index < -0.39 is 0 Å². The van der Waals surface area contributed by atoms with Gasteiger partial charge >= 0.3 is 0 Å². The molecule has 1 N–H and O–H groups in total. The van der Waals surface area contributed by atoms with Gasteiger partial charge in [-0.05, 0) is 61.9 Å². The van der Waals surface area contributed by atoms with Gasteiger partial charge in [0.2, 0.25) is 5.91 Å². The van der Waals surface area contributed by atoms with Crippen molar-refractivity contribution in [2.24, 2.45) is 5.92 Å². The second-order valence-electron chi connectivity index (χ2n) is 8.36. The van der Waals surface area contributed by atoms with Crippen molar-refractivity contribution >= 4 is 5.91 Å². The number of pyridine rings is 1. The number of carbonyl (C=O) groups is 1. The van der Waals surface area contributed by atoms with E-state index in [4.69, 9.17) is 9.47 Å². The molecule has 0 radical (unpaired) electrons. The van der Waals surface area contributed by atoms with Crippen LogP contribution in [-0.4, -0.2) is 23.6 Å². The number of hydrogen-bond donors (Lipinski definition) is 1. The number of ether oxygens (including phenoxy) is 2. The fourth-order valence-corrected chi connectivity index (χ4v) is 3.71. The summed E-state index contributed by atoms with van der Waals surface area (Å²) in [5.41, 5.74) is 2.19. The summed E-state index contributed by atoms with van der Waals surface area (Å²) in [4.78, 5) is 15.8. The molecule has 3 rings (SSSR count). The summed E-state index contributed by atoms with van der Waals surface area (Å²) >= 11 is 0. The Bertz CT molecular complexity index is 787. The maximum Gasteiger partial charge on any atom is 0.217 e. The van der Waals surface area contributed by atoms with Crippen LogP contribution >= 0.6 is 0 Å². The van der Waals surface area contributed by atoms with Crippen LogP contribution in [0.15, 0.2) is 42.6 Å². The number of nitrogens with one attached hydrogen (secondary N) is 1. The first kappa shape index (κ1) is 21.2. The predicted molar refractivity (Wildman–Crippen MR) is 114 cm³/mol. The fraction of sp³-hybridized carbons (Fsp3) is 0.500. The average molecular weight is 397 g/mol. The number of carbonyl (C=O) groups excluding carboxylic acids is 1. The van der Waals surface area contributed by atoms with Gasteiger partial charge in [-0.25, -0.2) is 0 Å². The van der Waals surface area contributed by atoms with E-state index in [1.165, 1.54) is 6.92 Å². The molecular formula is C24H32N2O3. The van der Waals surface area contributed by atoms with Crippen molar-refractivity contribution in [3.05, 3.63) is 53.9 Å². The minimum atomic E-state index is -0.0250. The number of nitrogens with zero attached hydrogens (tertiary/aromatic N) is 1. The molecule has 0 saturated heterocycles. The van der Waals surface area contributed by atoms with Gasteiger partial charge in [0.1, 0.15) is 11.5 Å². The molecule has 1 fully saturated rings. The smallest absolute Gasteiger partial charge is 0.217 e. The Hall–Kier alpha value is -2.56. The van der Waals surface area contributed by atoms with Crippen molar-refractivity contribution in [2.45, 2.75) is 65.0 Å². The third-order valence-corrected chi connectivity index (χ3v) is 5.25. The zero-order valence-electron chi connectivity index (χ0n) is 17.9. The summed E-state index contributed by atoms with van der Waals surface area (Å²) in [5, 5.41) is 2.90. The van der Waals surface area contributed by atoms with Gasteiger partial charge < -0.3 is 14.8 Å². The lowest BCUT2D eigenvalue weighted by atomic mass is 10.0. The predicted octanol–water partition coefficient (Wildman–Crippen LogP) is 5.03. The van der Waals surface area contributed by atoms with Crippen LogP contribution in [-0.2, 0) is 4.79 Å². The lowest BCUT2D eigenvalue weighted by Gasteiger charge is -2.16. The highest BCUT2D eigenvalue weighted by atomic mass is 16.5. The lowest BCUT2D eigenvalue weighted by Crippen LogP contribution is -2.23. The van der Waals surface area contributed by atoms with E-state index in [0.717, 1.165) is 42.0 Å². The molecule has 1 heterocycles. The fourth-order valence-electron chi connectivity index (χ4n) is 3.71. The van der Waals surface area contributed by atoms with Crippen LogP contribution in [0.5, 0.6) is 11.5 Å². The maximum atomic E-state index is 11.2. The first-order valence-electron chi connectivity index (χ1n) is 10.5. The van der Waals surface area contributed by atoms with Gasteiger partial charge in [-0.1, -0.05) is 26.0 Å². The summed E-state index contributed by atoms with van der Waals surface area (Å²) in [6.45, 7) is 8.49. The number of amides is 1. The van der Waals surface area contributed by atoms with E-state index in [-0.39, 0.29) is 18.1 Å². The quantitative estimate of drug-likeness (QED) is 0.680. The molecule has 1 aliphatic carbocycles. The molecule has 1 amide bonds. The Morgan fingerprint density at radius 3 is 2.45 bits per heavy atom. The molecule has 3 atom stereocenters. The van der Waals surface area contributed by atoms with Gasteiger partial charge in [-0.3, -0.25) is 9.78 Å². The molecule has 0 bridgehead atoms. The first-order chi connectivity index (χ1) is 13.9. The molecule has 156 valence electrons. The van der Waals surface area contributed by atoms with Crippen LogP contribution in [0, 0.1) is 5.92 Å². The Labute approximate surface area is 173 Å². The van der Waals surface area contributed by atoms with E-state index >= 15 is 0 Å². The first-order valence-corrected chi connectivity index (χ1v) is 10.5. The van der Waals surface area contributed by atoms with Crippen molar-refractivity contribution in [3.63, 3.8) is 0 Å². The number of benzene rings is 1. The van der Waals surface area contributed by atoms with E-state index in [9.17, 15) is 4.79 Å². The van der Waals surface area contributed by atoms with Crippen LogP contribution in [0.2, 0.25) is 0 Å². The maximum absolute atomic E-state index is 11.2. The molecule has 1 saturated carbocycles. The molecule has 2 aromatic rings. The molecular weight excluding hydrogens is 364 g/mol. The van der Waals surface area contributed by atoms with Gasteiger partial charge in [0.25, 0.3) is 0 Å². The second-order valence-corrected chi connectivity index (χ2v) is 8.36. The van der Waals surface area contributed by atoms with Crippen molar-refractivity contribution in [1.29, 1.82) is 0 Å². The molecule has 5 heteroatoms. The zero-order chi connectivity index (χ0) is 20.8. The number of aromatic nitrogens is 1. The Morgan fingerprint density at radius 1 is 1.10 bits per heavy atom. The van der Waals surface area contributed by atoms with Crippen molar-refractivity contribution in [3.8, 4) is 11.5 Å². The SMILES string of the molecule is CC(=O)NC(C)c1ccc(OC2CCC(c3ccc(OCC(C)C)cn3)C2)cc1. The normalized spacial score (nSPS) is 19.8. The molecule has 0 aliphatic heterocycles. The van der Waals surface area contributed by atoms with Crippen LogP contribution in [0.4, 0.5) is 0 Å². The Kier molecular flexibility index (Phi) is 7.13. The highest BCUT2D eigenvalue weighted by molar-refractivity contribution is 5.73. The van der Waals surface area contributed by atoms with Crippen LogP contribution < -0.4 is 14.8 Å². The summed E-state index contributed by atoms with van der Waals surface area (Å²) in [5.74, 6) is 2.62. The van der Waals surface area contributed by atoms with E-state index in [2.05, 4.69) is 30.2 Å². The van der Waals surface area contributed by atoms with Gasteiger partial charge in [0.05, 0.1) is 24.9 Å². The lowest BCUT2D eigenvalue weighted by molar-refractivity contribution is -0.119. The van der Waals surface area contributed by atoms with Crippen LogP contribution in [0.25, 0.3) is 0 Å². The van der Waals surface area contributed by atoms with Crippen LogP contribution in [0.3, 0.4) is 0 Å². The molecule has 1 aromatic carbocycles. The zero-order valence-corrected chi connectivity index (χ0v) is 17.9. The van der Waals surface area contributed by atoms with E-state index in [1.807, 2.05) is 43.5 Å². The van der Waals surface area contributed by atoms with E-state index in [0.29, 0.717) is 18.4 Å². The number of rotatable bonds is 8. The molecule has 1 aromatic heterocycles. The van der Waals surface area contributed by atoms with Gasteiger partial charge in [0.15, 0.2) is 0 Å². The molecule has 3 unspecified atom stereocenters. The number of hydrogen-bond acceptors (Lipinski definition) is 4. The largest absolute Gasteiger partial charge is 0.492 e. The highest BCUT2D eigenvalue weighted by Crippen LogP contribution is 2.36. The molecule has 29 heavy (non-hydrogen) atoms. The monoisotopic (exact) mass is 396 g/mol. The van der Waals surface area contributed by atoms with Crippen LogP contribution in [0.1, 0.15) is 70.2 Å². The van der Waals surface area contributed by atoms with Gasteiger partial charge in [-0.2, -0.15) is 0 Å². The molecule has 1 aliphatic rings. The summed E-state index contributed by atoms with van der Waals surface area (Å²) in [6, 6.07) is 12.1. The van der Waals surface area contributed by atoms with E-state index in [1.54, 1.807) is 0 Å². The van der Waals surface area contributed by atoms with Gasteiger partial charge in [0, 0.05) is 18.5 Å². The minimum absolute atomic E-state index is 0.00373. The summed E-state index contributed by atoms with van der Waals surface area (Å²) in [7, 11) is 0. The van der Waals surface area contributed by atoms with Crippen molar-refractivity contribution in [2.75, 3.05) is 6.61 Å². The summed E-state index contributed by atoms with van der Waals surface area (Å²) in [6.07, 6.45) is 5.13. The molecule has 0 spiro atoms. The second kappa shape index (κ2) is 9.77. The highest BCUT2D eigenvalue weighted by Gasteiger charge is 2.28. The third-order valence-electron chi connectivity index (χ3n) is 5.25. The standard InChI is InChI=1S/C24H32N2O3/c1-16(2)15-28-23-11-12-24(25-14-23)20-7-10-22(13-20)29-21-8-5-19(6-9-21)17(3)26-18(4)27/h5-6,8-9,11-12,14,16-17,20,22H,7,10,13,15H2,1-4H3,(H,26,27).